The van der Waals surface area contributed by atoms with Gasteiger partial charge in [0.15, 0.2) is 5.69 Å². The van der Waals surface area contributed by atoms with Crippen molar-refractivity contribution < 1.29 is 72.3 Å². The molecule has 0 radical (unpaired) electrons. The summed E-state index contributed by atoms with van der Waals surface area (Å²) >= 11 is 4.70. The molecule has 2 fully saturated rings. The van der Waals surface area contributed by atoms with Crippen molar-refractivity contribution in [1.29, 1.82) is 0 Å². The number of likely N-dealkylation sites (tertiary alicyclic amines) is 1. The molecule has 1 aliphatic heterocycles. The van der Waals surface area contributed by atoms with Crippen molar-refractivity contribution in [3.05, 3.63) is 38.9 Å². The van der Waals surface area contributed by atoms with E-state index in [4.69, 9.17) is 29.8 Å². The van der Waals surface area contributed by atoms with Crippen molar-refractivity contribution in [2.45, 2.75) is 167 Å². The molecule has 1 aliphatic carbocycles. The number of ether oxygens (including phenoxy) is 4. The molecule has 4 atom stereocenters. The zero-order valence-corrected chi connectivity index (χ0v) is 50.8. The molecule has 2 aliphatic rings. The zero-order valence-electron chi connectivity index (χ0n) is 48.4. The number of primary amides is 1. The van der Waals surface area contributed by atoms with Gasteiger partial charge in [-0.15, -0.1) is 11.3 Å². The monoisotopic (exact) mass is 1260 g/mol. The predicted molar refractivity (Wildman–Crippen MR) is 315 cm³/mol. The van der Waals surface area contributed by atoms with Crippen molar-refractivity contribution in [3.8, 4) is 0 Å². The lowest BCUT2D eigenvalue weighted by Gasteiger charge is -2.27. The third kappa shape index (κ3) is 24.1. The van der Waals surface area contributed by atoms with Gasteiger partial charge in [-0.05, 0) is 79.6 Å². The summed E-state index contributed by atoms with van der Waals surface area (Å²) in [5.41, 5.74) is 6.44. The van der Waals surface area contributed by atoms with Gasteiger partial charge in [0.05, 0.1) is 49.9 Å². The number of nitrogens with two attached hydrogens (primary N) is 1. The number of unbranched alkanes of at least 4 members (excludes halogenated alkanes) is 13. The molecule has 0 bridgehead atoms. The minimum Gasteiger partial charge on any atom is -0.481 e. The molecule has 0 unspecified atom stereocenters. The molecule has 27 heteroatoms. The fourth-order valence-electron chi connectivity index (χ4n) is 10.1. The Morgan fingerprint density at radius 3 is 1.86 bits per heavy atom. The number of aromatic nitrogens is 3. The highest BCUT2D eigenvalue weighted by atomic mass is 79.9. The average molecular weight is 1260 g/mol. The van der Waals surface area contributed by atoms with E-state index in [-0.39, 0.29) is 152 Å². The smallest absolute Gasteiger partial charge is 0.326 e. The topological polar surface area (TPSA) is 351 Å². The Bertz CT molecular complexity index is 2670. The number of hydrogen-bond donors (Lipinski definition) is 8. The number of fused-ring (bicyclic) bond motifs is 2. The standard InChI is InChI=1S/C57H85BrN10O15S/c1-38-19-21-44(58)64-54(38)65-55(77)42-32-57(33-43(57)68(42)49(73)34-67-41-31-39(2)84-52(41)51(66-67)53(59)76)37-62-48(72)36-83-30-28-81-26-24-61-47(71)35-82-29-27-80-25-23-60-45(69)22-20-40(56(78)79)63-46(70)17-15-13-11-9-7-5-3-4-6-8-10-12-14-16-18-50(74)75/h19,21,31,40,42-43H,3-18,20,22-30,32-37H2,1-2H3,(H2,59,76)(H,60,69)(H,61,71)(H,62,72)(H,63,70)(H,74,75)(H,78,79)(H,64,65,77)/t40-,42-,43+,57-/m0/s1. The van der Waals surface area contributed by atoms with Gasteiger partial charge in [0, 0.05) is 55.2 Å². The number of pyridine rings is 1. The number of carboxylic acids is 2. The normalized spacial score (nSPS) is 16.4. The number of carbonyl (C=O) groups excluding carboxylic acids is 7. The second-order valence-electron chi connectivity index (χ2n) is 21.5. The van der Waals surface area contributed by atoms with Crippen LogP contribution in [0.1, 0.15) is 149 Å². The van der Waals surface area contributed by atoms with Crippen LogP contribution in [0.2, 0.25) is 0 Å². The van der Waals surface area contributed by atoms with Gasteiger partial charge in [0.2, 0.25) is 35.4 Å². The Hall–Kier alpha value is -6.13. The summed E-state index contributed by atoms with van der Waals surface area (Å²) in [6.45, 7) is 4.49. The summed E-state index contributed by atoms with van der Waals surface area (Å²) in [7, 11) is 0. The van der Waals surface area contributed by atoms with E-state index in [9.17, 15) is 48.3 Å². The average Bonchev–Trinajstić information content (AvgIpc) is 1.57. The number of aliphatic carboxylic acids is 2. The van der Waals surface area contributed by atoms with Crippen LogP contribution in [0, 0.1) is 19.3 Å². The number of hydrogen-bond acceptors (Lipinski definition) is 16. The van der Waals surface area contributed by atoms with Gasteiger partial charge in [-0.1, -0.05) is 83.1 Å². The Morgan fingerprint density at radius 1 is 0.714 bits per heavy atom. The minimum absolute atomic E-state index is 0.0491. The molecule has 3 aromatic heterocycles. The van der Waals surface area contributed by atoms with Gasteiger partial charge < -0.3 is 66.4 Å². The van der Waals surface area contributed by atoms with Crippen molar-refractivity contribution in [1.82, 2.24) is 40.9 Å². The second-order valence-corrected chi connectivity index (χ2v) is 23.5. The Labute approximate surface area is 502 Å². The Morgan fingerprint density at radius 2 is 1.27 bits per heavy atom. The number of amides is 7. The third-order valence-corrected chi connectivity index (χ3v) is 16.2. The van der Waals surface area contributed by atoms with E-state index in [0.717, 1.165) is 55.4 Å². The SMILES string of the molecule is Cc1cc2c(s1)c(C(N)=O)nn2CC(=O)N1[C@H](C(=O)Nc2nc(Br)ccc2C)C[C@@]2(CNC(=O)COCCOCCNC(=O)COCCOCCNC(=O)CC[C@H](NC(=O)CCCCCCCCCCCCCCCCC(=O)O)C(=O)O)C[C@@H]12. The second kappa shape index (κ2) is 36.7. The van der Waals surface area contributed by atoms with Gasteiger partial charge in [-0.2, -0.15) is 5.10 Å². The summed E-state index contributed by atoms with van der Waals surface area (Å²) in [6, 6.07) is 3.01. The molecule has 25 nitrogen and oxygen atoms in total. The first-order valence-corrected chi connectivity index (χ1v) is 30.8. The van der Waals surface area contributed by atoms with Crippen LogP contribution >= 0.6 is 27.3 Å². The third-order valence-electron chi connectivity index (χ3n) is 14.7. The van der Waals surface area contributed by atoms with Crippen LogP contribution in [0.25, 0.3) is 10.2 Å². The number of aryl methyl sites for hydroxylation is 2. The molecule has 9 N–H and O–H groups in total. The molecule has 1 saturated carbocycles. The molecule has 84 heavy (non-hydrogen) atoms. The molecule has 5 rings (SSSR count). The van der Waals surface area contributed by atoms with E-state index in [1.807, 2.05) is 19.9 Å². The lowest BCUT2D eigenvalue weighted by atomic mass is 9.99. The Kier molecular flexibility index (Phi) is 30.0. The molecule has 1 saturated heterocycles. The molecule has 4 heterocycles. The highest BCUT2D eigenvalue weighted by Crippen LogP contribution is 2.59. The molecular weight excluding hydrogens is 1180 g/mol. The van der Waals surface area contributed by atoms with E-state index in [1.165, 1.54) is 54.5 Å². The largest absolute Gasteiger partial charge is 0.481 e. The van der Waals surface area contributed by atoms with Gasteiger partial charge in [0.25, 0.3) is 5.91 Å². The minimum atomic E-state index is -1.20. The van der Waals surface area contributed by atoms with E-state index < -0.39 is 41.3 Å². The number of nitrogens with zero attached hydrogens (tertiary/aromatic N) is 4. The lowest BCUT2D eigenvalue weighted by Crippen LogP contribution is -2.47. The number of carboxylic acid groups (broad SMARTS) is 2. The molecule has 3 aromatic rings. The molecule has 0 spiro atoms. The summed E-state index contributed by atoms with van der Waals surface area (Å²) in [4.78, 5) is 119. The number of carbonyl (C=O) groups is 9. The van der Waals surface area contributed by atoms with E-state index in [0.29, 0.717) is 33.5 Å². The highest BCUT2D eigenvalue weighted by molar-refractivity contribution is 9.10. The van der Waals surface area contributed by atoms with Crippen molar-refractivity contribution in [3.63, 3.8) is 0 Å². The van der Waals surface area contributed by atoms with Gasteiger partial charge in [-0.25, -0.2) is 9.78 Å². The maximum atomic E-state index is 14.1. The molecule has 0 aromatic carbocycles. The first-order valence-electron chi connectivity index (χ1n) is 29.2. The highest BCUT2D eigenvalue weighted by Gasteiger charge is 2.67. The van der Waals surface area contributed by atoms with Crippen LogP contribution in [0.4, 0.5) is 5.82 Å². The number of anilines is 1. The van der Waals surface area contributed by atoms with E-state index in [2.05, 4.69) is 52.6 Å². The molecule has 7 amide bonds. The van der Waals surface area contributed by atoms with Crippen LogP contribution in [-0.2, 0) is 63.8 Å². The van der Waals surface area contributed by atoms with Gasteiger partial charge in [0.1, 0.15) is 42.3 Å². The Balaban J connectivity index is 0.835. The number of thiophene rings is 1. The van der Waals surface area contributed by atoms with Crippen LogP contribution in [-0.4, -0.2) is 174 Å². The van der Waals surface area contributed by atoms with Crippen molar-refractivity contribution >= 4 is 96.6 Å². The lowest BCUT2D eigenvalue weighted by molar-refractivity contribution is -0.142. The predicted octanol–water partition coefficient (Wildman–Crippen LogP) is 5.06. The first-order chi connectivity index (χ1) is 40.4. The fraction of sp³-hybridized carbons (Fsp3) is 0.667. The van der Waals surface area contributed by atoms with Gasteiger partial charge >= 0.3 is 11.9 Å². The quantitative estimate of drug-likeness (QED) is 0.0271. The summed E-state index contributed by atoms with van der Waals surface area (Å²) in [6.07, 6.45) is 16.1. The summed E-state index contributed by atoms with van der Waals surface area (Å²) < 4.78 is 24.3. The van der Waals surface area contributed by atoms with E-state index >= 15 is 0 Å². The number of piperidine rings is 1. The number of halogens is 1. The summed E-state index contributed by atoms with van der Waals surface area (Å²) in [5, 5.41) is 36.3. The molecular formula is C57H85BrN10O15S. The van der Waals surface area contributed by atoms with Crippen molar-refractivity contribution in [2.24, 2.45) is 11.1 Å². The zero-order chi connectivity index (χ0) is 60.9. The maximum absolute atomic E-state index is 14.1. The number of rotatable bonds is 45. The van der Waals surface area contributed by atoms with Crippen LogP contribution < -0.4 is 32.3 Å². The fourth-order valence-corrected chi connectivity index (χ4v) is 11.4. The van der Waals surface area contributed by atoms with E-state index in [1.54, 1.807) is 17.0 Å². The van der Waals surface area contributed by atoms with Crippen molar-refractivity contribution in [2.75, 3.05) is 77.8 Å². The summed E-state index contributed by atoms with van der Waals surface area (Å²) in [5.74, 6) is -4.55. The molecule has 466 valence electrons. The first kappa shape index (κ1) is 68.6. The van der Waals surface area contributed by atoms with Crippen LogP contribution in [0.15, 0.2) is 22.8 Å². The van der Waals surface area contributed by atoms with Crippen LogP contribution in [0.5, 0.6) is 0 Å². The number of nitrogens with one attached hydrogen (secondary N) is 5. The maximum Gasteiger partial charge on any atom is 0.326 e. The van der Waals surface area contributed by atoms with Crippen LogP contribution in [0.3, 0.4) is 0 Å². The van der Waals surface area contributed by atoms with Gasteiger partial charge in [-0.3, -0.25) is 43.0 Å².